The zero-order valence-corrected chi connectivity index (χ0v) is 10.4. The van der Waals surface area contributed by atoms with Crippen molar-refractivity contribution in [3.05, 3.63) is 29.3 Å². The molecule has 1 aromatic carbocycles. The summed E-state index contributed by atoms with van der Waals surface area (Å²) in [4.78, 5) is 26.3. The van der Waals surface area contributed by atoms with Crippen LogP contribution in [0.3, 0.4) is 0 Å². The van der Waals surface area contributed by atoms with E-state index < -0.39 is 11.9 Å². The average Bonchev–Trinajstić information content (AvgIpc) is 2.81. The Hall–Kier alpha value is -1.95. The smallest absolute Gasteiger partial charge is 0.338 e. The number of nitrogens with zero attached hydrogens (tertiary/aromatic N) is 1. The molecule has 1 aromatic heterocycles. The van der Waals surface area contributed by atoms with E-state index >= 15 is 0 Å². The number of rotatable bonds is 5. The number of ether oxygens (including phenoxy) is 1. The number of hydrogen-bond donors (Lipinski definition) is 1. The van der Waals surface area contributed by atoms with Gasteiger partial charge in [0.25, 0.3) is 0 Å². The molecule has 18 heavy (non-hydrogen) atoms. The maximum absolute atomic E-state index is 11.7. The molecule has 0 atom stereocenters. The number of amides is 1. The number of carbonyl (C=O) groups excluding carboxylic acids is 2. The maximum atomic E-state index is 11.7. The quantitative estimate of drug-likeness (QED) is 0.658. The zero-order chi connectivity index (χ0) is 13.0. The summed E-state index contributed by atoms with van der Waals surface area (Å²) in [5, 5.41) is 0. The second kappa shape index (κ2) is 5.59. The Morgan fingerprint density at radius 1 is 1.39 bits per heavy atom. The van der Waals surface area contributed by atoms with E-state index in [9.17, 15) is 9.59 Å². The van der Waals surface area contributed by atoms with Crippen LogP contribution in [0.25, 0.3) is 10.2 Å². The Balaban J connectivity index is 1.93. The van der Waals surface area contributed by atoms with Crippen LogP contribution in [0.15, 0.2) is 23.7 Å². The van der Waals surface area contributed by atoms with Gasteiger partial charge in [-0.3, -0.25) is 4.79 Å². The van der Waals surface area contributed by atoms with Gasteiger partial charge in [-0.2, -0.15) is 0 Å². The maximum Gasteiger partial charge on any atom is 0.338 e. The summed E-state index contributed by atoms with van der Waals surface area (Å²) in [5.41, 5.74) is 8.07. The topological polar surface area (TPSA) is 82.3 Å². The third kappa shape index (κ3) is 3.04. The minimum absolute atomic E-state index is 0.197. The Kier molecular flexibility index (Phi) is 3.88. The molecule has 0 fully saturated rings. The third-order valence-corrected chi connectivity index (χ3v) is 3.16. The average molecular weight is 264 g/mol. The summed E-state index contributed by atoms with van der Waals surface area (Å²) in [6.45, 7) is 0.197. The van der Waals surface area contributed by atoms with Crippen LogP contribution in [0.2, 0.25) is 0 Å². The fourth-order valence-electron chi connectivity index (χ4n) is 1.48. The Labute approximate surface area is 108 Å². The molecule has 5 nitrogen and oxygen atoms in total. The van der Waals surface area contributed by atoms with Gasteiger partial charge in [0.1, 0.15) is 0 Å². The van der Waals surface area contributed by atoms with E-state index in [4.69, 9.17) is 10.5 Å². The molecular formula is C12H12N2O3S. The third-order valence-electron chi connectivity index (χ3n) is 2.37. The fourth-order valence-corrected chi connectivity index (χ4v) is 2.19. The van der Waals surface area contributed by atoms with Gasteiger partial charge in [0.2, 0.25) is 5.91 Å². The largest absolute Gasteiger partial charge is 0.462 e. The molecule has 0 saturated heterocycles. The highest BCUT2D eigenvalue weighted by Crippen LogP contribution is 2.19. The Morgan fingerprint density at radius 2 is 2.22 bits per heavy atom. The summed E-state index contributed by atoms with van der Waals surface area (Å²) in [5.74, 6) is -0.785. The molecular weight excluding hydrogens is 252 g/mol. The molecule has 0 unspecified atom stereocenters. The molecule has 2 rings (SSSR count). The molecule has 0 radical (unpaired) electrons. The van der Waals surface area contributed by atoms with Crippen LogP contribution >= 0.6 is 11.3 Å². The van der Waals surface area contributed by atoms with Crippen LogP contribution in [-0.4, -0.2) is 23.5 Å². The first-order chi connectivity index (χ1) is 8.66. The predicted molar refractivity (Wildman–Crippen MR) is 68.3 cm³/mol. The number of carbonyl (C=O) groups is 2. The normalized spacial score (nSPS) is 10.4. The number of hydrogen-bond acceptors (Lipinski definition) is 5. The van der Waals surface area contributed by atoms with E-state index in [0.29, 0.717) is 12.0 Å². The van der Waals surface area contributed by atoms with Crippen LogP contribution in [0.4, 0.5) is 0 Å². The first kappa shape index (κ1) is 12.5. The lowest BCUT2D eigenvalue weighted by molar-refractivity contribution is -0.118. The van der Waals surface area contributed by atoms with Gasteiger partial charge in [-0.1, -0.05) is 0 Å². The lowest BCUT2D eigenvalue weighted by atomic mass is 10.2. The van der Waals surface area contributed by atoms with Crippen molar-refractivity contribution in [3.8, 4) is 0 Å². The SMILES string of the molecule is NC(=O)CCCOC(=O)c1ccc2ncsc2c1. The highest BCUT2D eigenvalue weighted by molar-refractivity contribution is 7.16. The van der Waals surface area contributed by atoms with Crippen molar-refractivity contribution >= 4 is 33.4 Å². The van der Waals surface area contributed by atoms with E-state index in [1.165, 1.54) is 11.3 Å². The monoisotopic (exact) mass is 264 g/mol. The van der Waals surface area contributed by atoms with Crippen molar-refractivity contribution in [2.45, 2.75) is 12.8 Å². The molecule has 1 amide bonds. The van der Waals surface area contributed by atoms with E-state index in [2.05, 4.69) is 4.98 Å². The van der Waals surface area contributed by atoms with Crippen molar-refractivity contribution in [2.75, 3.05) is 6.61 Å². The summed E-state index contributed by atoms with van der Waals surface area (Å²) in [7, 11) is 0. The lowest BCUT2D eigenvalue weighted by Gasteiger charge is -2.03. The zero-order valence-electron chi connectivity index (χ0n) is 9.59. The van der Waals surface area contributed by atoms with Gasteiger partial charge in [0.05, 0.1) is 27.9 Å². The molecule has 94 valence electrons. The first-order valence-electron chi connectivity index (χ1n) is 5.45. The summed E-state index contributed by atoms with van der Waals surface area (Å²) in [6, 6.07) is 5.22. The van der Waals surface area contributed by atoms with Gasteiger partial charge in [-0.15, -0.1) is 11.3 Å². The molecule has 2 N–H and O–H groups in total. The number of thiazole rings is 1. The van der Waals surface area contributed by atoms with Gasteiger partial charge >= 0.3 is 5.97 Å². The van der Waals surface area contributed by atoms with Crippen LogP contribution in [0.5, 0.6) is 0 Å². The molecule has 6 heteroatoms. The van der Waals surface area contributed by atoms with E-state index in [1.807, 2.05) is 0 Å². The number of nitrogens with two attached hydrogens (primary N) is 1. The second-order valence-electron chi connectivity index (χ2n) is 3.74. The van der Waals surface area contributed by atoms with Crippen molar-refractivity contribution in [1.29, 1.82) is 0 Å². The van der Waals surface area contributed by atoms with Gasteiger partial charge in [0, 0.05) is 6.42 Å². The molecule has 2 aromatic rings. The van der Waals surface area contributed by atoms with Gasteiger partial charge < -0.3 is 10.5 Å². The highest BCUT2D eigenvalue weighted by Gasteiger charge is 2.08. The van der Waals surface area contributed by atoms with Gasteiger partial charge in [-0.05, 0) is 24.6 Å². The van der Waals surface area contributed by atoms with Crippen molar-refractivity contribution < 1.29 is 14.3 Å². The van der Waals surface area contributed by atoms with Crippen molar-refractivity contribution in [1.82, 2.24) is 4.98 Å². The van der Waals surface area contributed by atoms with Crippen LogP contribution < -0.4 is 5.73 Å². The van der Waals surface area contributed by atoms with Crippen LogP contribution in [0, 0.1) is 0 Å². The summed E-state index contributed by atoms with van der Waals surface area (Å²) < 4.78 is 5.99. The lowest BCUT2D eigenvalue weighted by Crippen LogP contribution is -2.12. The summed E-state index contributed by atoms with van der Waals surface area (Å²) in [6.07, 6.45) is 0.672. The highest BCUT2D eigenvalue weighted by atomic mass is 32.1. The minimum Gasteiger partial charge on any atom is -0.462 e. The van der Waals surface area contributed by atoms with Crippen molar-refractivity contribution in [3.63, 3.8) is 0 Å². The number of aromatic nitrogens is 1. The number of esters is 1. The van der Waals surface area contributed by atoms with E-state index in [0.717, 1.165) is 10.2 Å². The molecule has 0 saturated carbocycles. The van der Waals surface area contributed by atoms with E-state index in [-0.39, 0.29) is 13.0 Å². The Morgan fingerprint density at radius 3 is 3.00 bits per heavy atom. The Bertz CT molecular complexity index is 579. The standard InChI is InChI=1S/C12H12N2O3S/c13-11(15)2-1-5-17-12(16)8-3-4-9-10(6-8)18-7-14-9/h3-4,6-7H,1-2,5H2,(H2,13,15). The second-order valence-corrected chi connectivity index (χ2v) is 4.63. The fraction of sp³-hybridized carbons (Fsp3) is 0.250. The van der Waals surface area contributed by atoms with Gasteiger partial charge in [-0.25, -0.2) is 9.78 Å². The summed E-state index contributed by atoms with van der Waals surface area (Å²) >= 11 is 1.47. The number of benzene rings is 1. The molecule has 0 aliphatic rings. The van der Waals surface area contributed by atoms with E-state index in [1.54, 1.807) is 23.7 Å². The predicted octanol–water partition coefficient (Wildman–Crippen LogP) is 1.72. The van der Waals surface area contributed by atoms with Crippen LogP contribution in [0.1, 0.15) is 23.2 Å². The van der Waals surface area contributed by atoms with Crippen LogP contribution in [-0.2, 0) is 9.53 Å². The number of fused-ring (bicyclic) bond motifs is 1. The molecule has 0 aliphatic heterocycles. The van der Waals surface area contributed by atoms with Crippen molar-refractivity contribution in [2.24, 2.45) is 5.73 Å². The molecule has 0 aliphatic carbocycles. The van der Waals surface area contributed by atoms with Gasteiger partial charge in [0.15, 0.2) is 0 Å². The molecule has 0 bridgehead atoms. The minimum atomic E-state index is -0.394. The molecule has 0 spiro atoms. The first-order valence-corrected chi connectivity index (χ1v) is 6.33. The number of primary amides is 1. The molecule has 1 heterocycles.